The smallest absolute Gasteiger partial charge is 0.251 e. The van der Waals surface area contributed by atoms with Crippen LogP contribution < -0.4 is 5.32 Å². The number of nitrogens with one attached hydrogen (secondary N) is 1. The van der Waals surface area contributed by atoms with Gasteiger partial charge in [-0.2, -0.15) is 0 Å². The van der Waals surface area contributed by atoms with Gasteiger partial charge in [-0.25, -0.2) is 4.98 Å². The van der Waals surface area contributed by atoms with E-state index in [1.54, 1.807) is 6.07 Å². The van der Waals surface area contributed by atoms with Crippen LogP contribution >= 0.6 is 11.6 Å². The maximum atomic E-state index is 12.2. The van der Waals surface area contributed by atoms with E-state index in [9.17, 15) is 4.79 Å². The van der Waals surface area contributed by atoms with Gasteiger partial charge >= 0.3 is 0 Å². The van der Waals surface area contributed by atoms with Gasteiger partial charge in [-0.15, -0.1) is 0 Å². The molecule has 1 aromatic heterocycles. The Morgan fingerprint density at radius 2 is 2.24 bits per heavy atom. The van der Waals surface area contributed by atoms with Gasteiger partial charge in [0.2, 0.25) is 0 Å². The molecule has 0 radical (unpaired) electrons. The average molecular weight is 309 g/mol. The van der Waals surface area contributed by atoms with Crippen molar-refractivity contribution in [2.24, 2.45) is 11.8 Å². The molecule has 1 aliphatic rings. The Balaban J connectivity index is 1.83. The second-order valence-electron chi connectivity index (χ2n) is 6.21. The molecular formula is C17H25ClN2O. The van der Waals surface area contributed by atoms with Crippen molar-refractivity contribution in [1.29, 1.82) is 0 Å². The van der Waals surface area contributed by atoms with Crippen LogP contribution in [0.15, 0.2) is 12.1 Å². The molecule has 2 atom stereocenters. The van der Waals surface area contributed by atoms with E-state index in [-0.39, 0.29) is 5.91 Å². The molecule has 1 saturated carbocycles. The molecule has 116 valence electrons. The van der Waals surface area contributed by atoms with Crippen molar-refractivity contribution in [1.82, 2.24) is 10.3 Å². The highest BCUT2D eigenvalue weighted by Crippen LogP contribution is 2.30. The number of amides is 1. The Hall–Kier alpha value is -1.09. The maximum absolute atomic E-state index is 12.2. The summed E-state index contributed by atoms with van der Waals surface area (Å²) in [5, 5.41) is 3.40. The van der Waals surface area contributed by atoms with Gasteiger partial charge in [0.1, 0.15) is 5.15 Å². The third-order valence-corrected chi connectivity index (χ3v) is 4.55. The number of halogens is 1. The molecule has 3 nitrogen and oxygen atoms in total. The molecular weight excluding hydrogens is 284 g/mol. The fraction of sp³-hybridized carbons (Fsp3) is 0.647. The van der Waals surface area contributed by atoms with Crippen LogP contribution in [0, 0.1) is 11.8 Å². The number of carbonyl (C=O) groups excluding carboxylic acids is 1. The second kappa shape index (κ2) is 7.79. The van der Waals surface area contributed by atoms with Crippen molar-refractivity contribution < 1.29 is 4.79 Å². The zero-order valence-electron chi connectivity index (χ0n) is 13.0. The van der Waals surface area contributed by atoms with E-state index in [4.69, 9.17) is 11.6 Å². The number of aromatic nitrogens is 1. The molecule has 1 N–H and O–H groups in total. The molecule has 2 rings (SSSR count). The number of hydrogen-bond acceptors (Lipinski definition) is 2. The summed E-state index contributed by atoms with van der Waals surface area (Å²) in [5.74, 6) is 1.56. The van der Waals surface area contributed by atoms with Gasteiger partial charge in [0.25, 0.3) is 5.91 Å². The zero-order chi connectivity index (χ0) is 15.2. The lowest BCUT2D eigenvalue weighted by atomic mass is 9.81. The molecule has 0 spiro atoms. The Morgan fingerprint density at radius 3 is 2.95 bits per heavy atom. The fourth-order valence-corrected chi connectivity index (χ4v) is 3.40. The van der Waals surface area contributed by atoms with E-state index in [2.05, 4.69) is 17.2 Å². The van der Waals surface area contributed by atoms with Gasteiger partial charge in [-0.05, 0) is 43.2 Å². The van der Waals surface area contributed by atoms with E-state index < -0.39 is 0 Å². The standard InChI is InChI=1S/C17H25ClN2O/c1-3-15-10-14(11-16(18)20-15)17(21)19-8-7-13-6-4-5-12(2)9-13/h10-13H,3-9H2,1-2H3,(H,19,21). The first kappa shape index (κ1) is 16.3. The molecule has 21 heavy (non-hydrogen) atoms. The number of nitrogens with zero attached hydrogens (tertiary/aromatic N) is 1. The molecule has 1 aromatic rings. The first-order valence-corrected chi connectivity index (χ1v) is 8.41. The molecule has 1 heterocycles. The van der Waals surface area contributed by atoms with Gasteiger partial charge in [0.05, 0.1) is 0 Å². The van der Waals surface area contributed by atoms with Crippen LogP contribution in [0.25, 0.3) is 0 Å². The lowest BCUT2D eigenvalue weighted by Gasteiger charge is -2.26. The summed E-state index contributed by atoms with van der Waals surface area (Å²) < 4.78 is 0. The summed E-state index contributed by atoms with van der Waals surface area (Å²) in [5.41, 5.74) is 1.47. The summed E-state index contributed by atoms with van der Waals surface area (Å²) in [6.07, 6.45) is 7.16. The van der Waals surface area contributed by atoms with Crippen molar-refractivity contribution >= 4 is 17.5 Å². The third kappa shape index (κ3) is 4.99. The minimum atomic E-state index is -0.0437. The van der Waals surface area contributed by atoms with Crippen molar-refractivity contribution in [3.05, 3.63) is 28.5 Å². The van der Waals surface area contributed by atoms with Gasteiger partial charge in [0, 0.05) is 17.8 Å². The van der Waals surface area contributed by atoms with Crippen LogP contribution in [0.3, 0.4) is 0 Å². The number of aryl methyl sites for hydroxylation is 1. The van der Waals surface area contributed by atoms with E-state index in [1.807, 2.05) is 13.0 Å². The Bertz CT molecular complexity index is 490. The number of hydrogen-bond donors (Lipinski definition) is 1. The van der Waals surface area contributed by atoms with E-state index in [0.29, 0.717) is 10.7 Å². The van der Waals surface area contributed by atoms with Crippen LogP contribution in [0.4, 0.5) is 0 Å². The van der Waals surface area contributed by atoms with E-state index in [0.717, 1.165) is 36.9 Å². The van der Waals surface area contributed by atoms with Crippen molar-refractivity contribution in [2.75, 3.05) is 6.54 Å². The van der Waals surface area contributed by atoms with Gasteiger partial charge in [-0.1, -0.05) is 44.7 Å². The normalized spacial score (nSPS) is 22.0. The van der Waals surface area contributed by atoms with Gasteiger partial charge < -0.3 is 5.32 Å². The minimum Gasteiger partial charge on any atom is -0.352 e. The predicted octanol–water partition coefficient (Wildman–Crippen LogP) is 4.24. The van der Waals surface area contributed by atoms with Crippen LogP contribution in [-0.4, -0.2) is 17.4 Å². The third-order valence-electron chi connectivity index (χ3n) is 4.35. The van der Waals surface area contributed by atoms with Crippen LogP contribution in [-0.2, 0) is 6.42 Å². The molecule has 0 aromatic carbocycles. The Morgan fingerprint density at radius 1 is 1.43 bits per heavy atom. The second-order valence-corrected chi connectivity index (χ2v) is 6.59. The first-order valence-electron chi connectivity index (χ1n) is 8.03. The molecule has 1 aliphatic carbocycles. The lowest BCUT2D eigenvalue weighted by molar-refractivity contribution is 0.0949. The van der Waals surface area contributed by atoms with Crippen molar-refractivity contribution in [2.45, 2.75) is 52.4 Å². The quantitative estimate of drug-likeness (QED) is 0.826. The molecule has 0 bridgehead atoms. The van der Waals surface area contributed by atoms with Gasteiger partial charge in [-0.3, -0.25) is 4.79 Å². The highest BCUT2D eigenvalue weighted by molar-refractivity contribution is 6.29. The molecule has 0 aliphatic heterocycles. The van der Waals surface area contributed by atoms with E-state index >= 15 is 0 Å². The van der Waals surface area contributed by atoms with Gasteiger partial charge in [0.15, 0.2) is 0 Å². The minimum absolute atomic E-state index is 0.0437. The summed E-state index contributed by atoms with van der Waals surface area (Å²) >= 11 is 5.95. The summed E-state index contributed by atoms with van der Waals surface area (Å²) in [4.78, 5) is 16.4. The maximum Gasteiger partial charge on any atom is 0.251 e. The zero-order valence-corrected chi connectivity index (χ0v) is 13.7. The predicted molar refractivity (Wildman–Crippen MR) is 86.7 cm³/mol. The van der Waals surface area contributed by atoms with Crippen LogP contribution in [0.1, 0.15) is 62.0 Å². The highest BCUT2D eigenvalue weighted by Gasteiger charge is 2.18. The fourth-order valence-electron chi connectivity index (χ4n) is 3.18. The Labute approximate surface area is 132 Å². The highest BCUT2D eigenvalue weighted by atomic mass is 35.5. The van der Waals surface area contributed by atoms with Crippen LogP contribution in [0.2, 0.25) is 5.15 Å². The summed E-state index contributed by atoms with van der Waals surface area (Å²) in [7, 11) is 0. The lowest BCUT2D eigenvalue weighted by Crippen LogP contribution is -2.27. The molecule has 2 unspecified atom stereocenters. The SMILES string of the molecule is CCc1cc(C(=O)NCCC2CCCC(C)C2)cc(Cl)n1. The van der Waals surface area contributed by atoms with Crippen molar-refractivity contribution in [3.8, 4) is 0 Å². The first-order chi connectivity index (χ1) is 10.1. The monoisotopic (exact) mass is 308 g/mol. The largest absolute Gasteiger partial charge is 0.352 e. The topological polar surface area (TPSA) is 42.0 Å². The Kier molecular flexibility index (Phi) is 6.04. The van der Waals surface area contributed by atoms with Crippen molar-refractivity contribution in [3.63, 3.8) is 0 Å². The van der Waals surface area contributed by atoms with Crippen LogP contribution in [0.5, 0.6) is 0 Å². The van der Waals surface area contributed by atoms with E-state index in [1.165, 1.54) is 25.7 Å². The summed E-state index contributed by atoms with van der Waals surface area (Å²) in [6.45, 7) is 5.08. The molecule has 4 heteroatoms. The molecule has 0 saturated heterocycles. The molecule has 1 amide bonds. The number of pyridine rings is 1. The molecule has 1 fully saturated rings. The summed E-state index contributed by atoms with van der Waals surface area (Å²) in [6, 6.07) is 3.46. The number of rotatable bonds is 5. The number of carbonyl (C=O) groups is 1. The average Bonchev–Trinajstić information content (AvgIpc) is 2.46.